The Morgan fingerprint density at radius 3 is 2.76 bits per heavy atom. The fourth-order valence-electron chi connectivity index (χ4n) is 1.13. The topological polar surface area (TPSA) is 107 Å². The van der Waals surface area contributed by atoms with Crippen molar-refractivity contribution < 1.29 is 13.2 Å². The van der Waals surface area contributed by atoms with Crippen molar-refractivity contribution in [1.82, 2.24) is 15.1 Å². The van der Waals surface area contributed by atoms with Crippen LogP contribution in [-0.4, -0.2) is 42.2 Å². The molecule has 0 saturated carbocycles. The highest BCUT2D eigenvalue weighted by Gasteiger charge is 2.22. The van der Waals surface area contributed by atoms with Gasteiger partial charge in [-0.2, -0.15) is 5.10 Å². The summed E-state index contributed by atoms with van der Waals surface area (Å²) in [7, 11) is -3.35. The molecule has 1 heterocycles. The lowest BCUT2D eigenvalue weighted by atomic mass is 10.4. The molecule has 0 aliphatic carbocycles. The molecule has 0 fully saturated rings. The number of sulfone groups is 1. The molecule has 0 aromatic carbocycles. The van der Waals surface area contributed by atoms with Crippen LogP contribution >= 0.6 is 0 Å². The van der Waals surface area contributed by atoms with Crippen molar-refractivity contribution in [1.29, 1.82) is 0 Å². The number of hydrogen-bond donors (Lipinski definition) is 2. The highest BCUT2D eigenvalue weighted by atomic mass is 32.2. The summed E-state index contributed by atoms with van der Waals surface area (Å²) in [5.41, 5.74) is 6.01. The van der Waals surface area contributed by atoms with E-state index >= 15 is 0 Å². The first-order valence-electron chi connectivity index (χ1n) is 5.05. The van der Waals surface area contributed by atoms with Crippen LogP contribution in [0.5, 0.6) is 0 Å². The zero-order chi connectivity index (χ0) is 13.1. The van der Waals surface area contributed by atoms with Gasteiger partial charge in [0.05, 0.1) is 18.4 Å². The number of nitrogens with zero attached hydrogens (tertiary/aromatic N) is 2. The van der Waals surface area contributed by atoms with Gasteiger partial charge in [0.2, 0.25) is 5.91 Å². The minimum Gasteiger partial charge on any atom is -0.396 e. The van der Waals surface area contributed by atoms with Crippen LogP contribution in [-0.2, 0) is 21.2 Å². The zero-order valence-corrected chi connectivity index (χ0v) is 10.6. The number of nitrogens with two attached hydrogens (primary N) is 1. The van der Waals surface area contributed by atoms with Crippen LogP contribution in [0, 0.1) is 0 Å². The van der Waals surface area contributed by atoms with Gasteiger partial charge in [-0.3, -0.25) is 9.48 Å². The van der Waals surface area contributed by atoms with Crippen molar-refractivity contribution in [2.45, 2.75) is 18.7 Å². The SMILES string of the molecule is CC(C(=O)NCCn1cc(N)cn1)S(C)(=O)=O. The number of anilines is 1. The second kappa shape index (κ2) is 5.17. The van der Waals surface area contributed by atoms with Crippen LogP contribution in [0.25, 0.3) is 0 Å². The Labute approximate surface area is 99.9 Å². The molecule has 1 aromatic heterocycles. The van der Waals surface area contributed by atoms with Gasteiger partial charge in [0.15, 0.2) is 9.84 Å². The molecular weight excluding hydrogens is 244 g/mol. The number of aromatic nitrogens is 2. The summed E-state index contributed by atoms with van der Waals surface area (Å²) in [6.07, 6.45) is 4.17. The summed E-state index contributed by atoms with van der Waals surface area (Å²) >= 11 is 0. The van der Waals surface area contributed by atoms with Gasteiger partial charge >= 0.3 is 0 Å². The molecule has 0 radical (unpaired) electrons. The minimum atomic E-state index is -3.35. The van der Waals surface area contributed by atoms with Gasteiger partial charge in [0.1, 0.15) is 5.25 Å². The second-order valence-electron chi connectivity index (χ2n) is 3.80. The molecule has 0 bridgehead atoms. The highest BCUT2D eigenvalue weighted by Crippen LogP contribution is 1.98. The number of hydrogen-bond acceptors (Lipinski definition) is 5. The Kier molecular flexibility index (Phi) is 4.11. The zero-order valence-electron chi connectivity index (χ0n) is 9.75. The van der Waals surface area contributed by atoms with E-state index in [-0.39, 0.29) is 0 Å². The summed E-state index contributed by atoms with van der Waals surface area (Å²) < 4.78 is 23.8. The van der Waals surface area contributed by atoms with Gasteiger partial charge in [-0.25, -0.2) is 8.42 Å². The third-order valence-corrected chi connectivity index (χ3v) is 3.80. The van der Waals surface area contributed by atoms with E-state index in [1.165, 1.54) is 13.1 Å². The second-order valence-corrected chi connectivity index (χ2v) is 6.17. The van der Waals surface area contributed by atoms with Crippen molar-refractivity contribution in [3.63, 3.8) is 0 Å². The number of nitrogens with one attached hydrogen (secondary N) is 1. The lowest BCUT2D eigenvalue weighted by Gasteiger charge is -2.10. The molecule has 7 nitrogen and oxygen atoms in total. The Hall–Kier alpha value is -1.57. The summed E-state index contributed by atoms with van der Waals surface area (Å²) in [6, 6.07) is 0. The lowest BCUT2D eigenvalue weighted by molar-refractivity contribution is -0.120. The van der Waals surface area contributed by atoms with Crippen molar-refractivity contribution in [2.75, 3.05) is 18.5 Å². The molecule has 0 aliphatic heterocycles. The molecule has 0 saturated heterocycles. The van der Waals surface area contributed by atoms with Gasteiger partial charge in [0.25, 0.3) is 0 Å². The molecule has 96 valence electrons. The van der Waals surface area contributed by atoms with Crippen LogP contribution in [0.4, 0.5) is 5.69 Å². The first-order chi connectivity index (χ1) is 7.80. The third-order valence-electron chi connectivity index (χ3n) is 2.30. The van der Waals surface area contributed by atoms with Crippen molar-refractivity contribution in [3.8, 4) is 0 Å². The Morgan fingerprint density at radius 1 is 1.65 bits per heavy atom. The fraction of sp³-hybridized carbons (Fsp3) is 0.556. The molecule has 8 heteroatoms. The molecule has 17 heavy (non-hydrogen) atoms. The quantitative estimate of drug-likeness (QED) is 0.707. The van der Waals surface area contributed by atoms with Crippen LogP contribution in [0.15, 0.2) is 12.4 Å². The first kappa shape index (κ1) is 13.5. The van der Waals surface area contributed by atoms with Crippen LogP contribution in [0.3, 0.4) is 0 Å². The largest absolute Gasteiger partial charge is 0.396 e. The molecule has 1 rings (SSSR count). The number of carbonyl (C=O) groups is 1. The molecule has 1 unspecified atom stereocenters. The van der Waals surface area contributed by atoms with E-state index in [2.05, 4.69) is 10.4 Å². The minimum absolute atomic E-state index is 0.305. The monoisotopic (exact) mass is 260 g/mol. The van der Waals surface area contributed by atoms with Crippen molar-refractivity contribution in [3.05, 3.63) is 12.4 Å². The van der Waals surface area contributed by atoms with E-state index in [0.717, 1.165) is 6.26 Å². The lowest BCUT2D eigenvalue weighted by Crippen LogP contribution is -2.38. The molecule has 1 aromatic rings. The number of carbonyl (C=O) groups excluding carboxylic acids is 1. The normalized spacial score (nSPS) is 13.3. The van der Waals surface area contributed by atoms with Crippen LogP contribution < -0.4 is 11.1 Å². The maximum atomic E-state index is 11.4. The van der Waals surface area contributed by atoms with E-state index < -0.39 is 21.0 Å². The summed E-state index contributed by atoms with van der Waals surface area (Å²) in [5.74, 6) is -0.507. The molecule has 1 amide bonds. The first-order valence-corrected chi connectivity index (χ1v) is 7.00. The molecule has 0 aliphatic rings. The average Bonchev–Trinajstić information content (AvgIpc) is 2.61. The molecular formula is C9H16N4O3S. The Morgan fingerprint density at radius 2 is 2.29 bits per heavy atom. The number of nitrogen functional groups attached to an aromatic ring is 1. The van der Waals surface area contributed by atoms with Gasteiger partial charge in [-0.1, -0.05) is 0 Å². The molecule has 3 N–H and O–H groups in total. The van der Waals surface area contributed by atoms with Crippen molar-refractivity contribution in [2.24, 2.45) is 0 Å². The number of amides is 1. The number of rotatable bonds is 5. The maximum absolute atomic E-state index is 11.4. The Bertz CT molecular complexity index is 494. The van der Waals surface area contributed by atoms with Gasteiger partial charge in [-0.05, 0) is 6.92 Å². The highest BCUT2D eigenvalue weighted by molar-refractivity contribution is 7.92. The van der Waals surface area contributed by atoms with Gasteiger partial charge in [-0.15, -0.1) is 0 Å². The van der Waals surface area contributed by atoms with Crippen LogP contribution in [0.1, 0.15) is 6.92 Å². The van der Waals surface area contributed by atoms with E-state index in [9.17, 15) is 13.2 Å². The van der Waals surface area contributed by atoms with Gasteiger partial charge in [0, 0.05) is 19.0 Å². The summed E-state index contributed by atoms with van der Waals surface area (Å²) in [5, 5.41) is 5.42. The van der Waals surface area contributed by atoms with E-state index in [1.807, 2.05) is 0 Å². The maximum Gasteiger partial charge on any atom is 0.238 e. The van der Waals surface area contributed by atoms with Crippen LogP contribution in [0.2, 0.25) is 0 Å². The van der Waals surface area contributed by atoms with Crippen molar-refractivity contribution >= 4 is 21.4 Å². The third kappa shape index (κ3) is 4.06. The molecule has 0 spiro atoms. The molecule has 1 atom stereocenters. The summed E-state index contributed by atoms with van der Waals surface area (Å²) in [4.78, 5) is 11.4. The average molecular weight is 260 g/mol. The van der Waals surface area contributed by atoms with E-state index in [4.69, 9.17) is 5.73 Å². The summed E-state index contributed by atoms with van der Waals surface area (Å²) in [6.45, 7) is 2.11. The van der Waals surface area contributed by atoms with Gasteiger partial charge < -0.3 is 11.1 Å². The predicted octanol–water partition coefficient (Wildman–Crippen LogP) is -0.985. The standard InChI is InChI=1S/C9H16N4O3S/c1-7(17(2,15)16)9(14)11-3-4-13-6-8(10)5-12-13/h5-7H,3-4,10H2,1-2H3,(H,11,14). The fourth-order valence-corrected chi connectivity index (χ4v) is 1.61. The smallest absolute Gasteiger partial charge is 0.238 e. The van der Waals surface area contributed by atoms with E-state index in [1.54, 1.807) is 10.9 Å². The predicted molar refractivity (Wildman–Crippen MR) is 64.0 cm³/mol. The Balaban J connectivity index is 2.39. The van der Waals surface area contributed by atoms with E-state index in [0.29, 0.717) is 18.8 Å².